The largest absolute Gasteiger partial charge is 0.337 e. The number of hydrogen-bond acceptors (Lipinski definition) is 4. The first-order valence-corrected chi connectivity index (χ1v) is 5.73. The average molecular weight is 249 g/mol. The molecular formula is C13H16FN3O. The summed E-state index contributed by atoms with van der Waals surface area (Å²) in [7, 11) is 1.83. The molecule has 0 saturated heterocycles. The van der Waals surface area contributed by atoms with E-state index in [9.17, 15) is 4.39 Å². The zero-order valence-electron chi connectivity index (χ0n) is 10.9. The van der Waals surface area contributed by atoms with E-state index in [0.717, 1.165) is 5.56 Å². The fourth-order valence-corrected chi connectivity index (χ4v) is 1.49. The highest BCUT2D eigenvalue weighted by Crippen LogP contribution is 2.23. The highest BCUT2D eigenvalue weighted by Gasteiger charge is 2.25. The summed E-state index contributed by atoms with van der Waals surface area (Å²) in [5, 5.41) is 7.01. The maximum atomic E-state index is 13.2. The van der Waals surface area contributed by atoms with Gasteiger partial charge in [0.05, 0.1) is 5.54 Å². The normalized spacial score (nSPS) is 11.8. The summed E-state index contributed by atoms with van der Waals surface area (Å²) in [6.07, 6.45) is 0. The van der Waals surface area contributed by atoms with Crippen molar-refractivity contribution in [3.63, 3.8) is 0 Å². The van der Waals surface area contributed by atoms with Crippen molar-refractivity contribution < 1.29 is 8.91 Å². The second kappa shape index (κ2) is 4.49. The molecule has 0 fully saturated rings. The van der Waals surface area contributed by atoms with Gasteiger partial charge in [-0.15, -0.1) is 0 Å². The zero-order valence-corrected chi connectivity index (χ0v) is 10.9. The molecule has 0 aliphatic carbocycles. The van der Waals surface area contributed by atoms with Gasteiger partial charge in [-0.05, 0) is 51.6 Å². The van der Waals surface area contributed by atoms with E-state index in [1.807, 2.05) is 20.9 Å². The van der Waals surface area contributed by atoms with Gasteiger partial charge in [0, 0.05) is 5.56 Å². The summed E-state index contributed by atoms with van der Waals surface area (Å²) < 4.78 is 18.4. The van der Waals surface area contributed by atoms with Gasteiger partial charge < -0.3 is 9.84 Å². The molecule has 0 aliphatic rings. The second-order valence-electron chi connectivity index (χ2n) is 4.76. The topological polar surface area (TPSA) is 51.0 Å². The van der Waals surface area contributed by atoms with E-state index in [1.165, 1.54) is 6.07 Å². The Hall–Kier alpha value is -1.75. The van der Waals surface area contributed by atoms with Crippen LogP contribution in [0.15, 0.2) is 22.7 Å². The summed E-state index contributed by atoms with van der Waals surface area (Å²) >= 11 is 0. The molecule has 0 unspecified atom stereocenters. The van der Waals surface area contributed by atoms with Crippen LogP contribution in [0.1, 0.15) is 25.3 Å². The van der Waals surface area contributed by atoms with Crippen molar-refractivity contribution in [3.8, 4) is 11.4 Å². The molecule has 1 heterocycles. The number of nitrogens with zero attached hydrogens (tertiary/aromatic N) is 2. The van der Waals surface area contributed by atoms with Crippen LogP contribution in [-0.2, 0) is 5.54 Å². The Bertz CT molecular complexity index is 563. The molecular weight excluding hydrogens is 233 g/mol. The summed E-state index contributed by atoms with van der Waals surface area (Å²) in [6, 6.07) is 4.75. The molecule has 0 bridgehead atoms. The quantitative estimate of drug-likeness (QED) is 0.908. The van der Waals surface area contributed by atoms with Crippen LogP contribution in [0.5, 0.6) is 0 Å². The third-order valence-corrected chi connectivity index (χ3v) is 3.00. The average Bonchev–Trinajstić information content (AvgIpc) is 2.83. The Morgan fingerprint density at radius 2 is 2.06 bits per heavy atom. The number of aryl methyl sites for hydroxylation is 1. The minimum Gasteiger partial charge on any atom is -0.337 e. The molecule has 5 heteroatoms. The van der Waals surface area contributed by atoms with Gasteiger partial charge in [0.1, 0.15) is 5.82 Å². The Kier molecular flexibility index (Phi) is 3.17. The minimum absolute atomic E-state index is 0.238. The third-order valence-electron chi connectivity index (χ3n) is 3.00. The fraction of sp³-hybridized carbons (Fsp3) is 0.385. The van der Waals surface area contributed by atoms with Crippen molar-refractivity contribution in [1.29, 1.82) is 0 Å². The Morgan fingerprint density at radius 1 is 1.33 bits per heavy atom. The van der Waals surface area contributed by atoms with E-state index in [4.69, 9.17) is 4.52 Å². The van der Waals surface area contributed by atoms with Gasteiger partial charge in [-0.1, -0.05) is 5.16 Å². The first-order valence-electron chi connectivity index (χ1n) is 5.73. The molecule has 1 aromatic heterocycles. The van der Waals surface area contributed by atoms with E-state index in [1.54, 1.807) is 19.1 Å². The number of halogens is 1. The van der Waals surface area contributed by atoms with Crippen molar-refractivity contribution >= 4 is 0 Å². The minimum atomic E-state index is -0.389. The molecule has 0 radical (unpaired) electrons. The summed E-state index contributed by atoms with van der Waals surface area (Å²) in [6.45, 7) is 5.60. The highest BCUT2D eigenvalue weighted by molar-refractivity contribution is 5.55. The summed E-state index contributed by atoms with van der Waals surface area (Å²) in [5.41, 5.74) is 0.919. The lowest BCUT2D eigenvalue weighted by molar-refractivity contribution is 0.281. The highest BCUT2D eigenvalue weighted by atomic mass is 19.1. The molecule has 18 heavy (non-hydrogen) atoms. The molecule has 0 atom stereocenters. The molecule has 4 nitrogen and oxygen atoms in total. The molecule has 1 aromatic carbocycles. The predicted octanol–water partition coefficient (Wildman–Crippen LogP) is 2.64. The molecule has 0 aliphatic heterocycles. The van der Waals surface area contributed by atoms with E-state index in [0.29, 0.717) is 17.3 Å². The Labute approximate surface area is 105 Å². The van der Waals surface area contributed by atoms with Gasteiger partial charge in [-0.2, -0.15) is 4.98 Å². The van der Waals surface area contributed by atoms with Gasteiger partial charge >= 0.3 is 0 Å². The maximum absolute atomic E-state index is 13.2. The SMILES string of the molecule is CNC(C)(C)c1nc(-c2ccc(F)c(C)c2)no1. The first kappa shape index (κ1) is 12.7. The van der Waals surface area contributed by atoms with Crippen molar-refractivity contribution in [2.24, 2.45) is 0 Å². The molecule has 0 saturated carbocycles. The smallest absolute Gasteiger partial charge is 0.246 e. The molecule has 2 rings (SSSR count). The molecule has 2 aromatic rings. The van der Waals surface area contributed by atoms with Crippen molar-refractivity contribution in [2.75, 3.05) is 7.05 Å². The monoisotopic (exact) mass is 249 g/mol. The van der Waals surface area contributed by atoms with Crippen molar-refractivity contribution in [2.45, 2.75) is 26.3 Å². The lowest BCUT2D eigenvalue weighted by Crippen LogP contribution is -2.33. The van der Waals surface area contributed by atoms with Crippen LogP contribution in [0.25, 0.3) is 11.4 Å². The van der Waals surface area contributed by atoms with Crippen LogP contribution in [-0.4, -0.2) is 17.2 Å². The Morgan fingerprint density at radius 3 is 2.67 bits per heavy atom. The zero-order chi connectivity index (χ0) is 13.3. The number of aromatic nitrogens is 2. The van der Waals surface area contributed by atoms with Crippen LogP contribution < -0.4 is 5.32 Å². The molecule has 0 spiro atoms. The molecule has 96 valence electrons. The number of hydrogen-bond donors (Lipinski definition) is 1. The van der Waals surface area contributed by atoms with Crippen molar-refractivity contribution in [1.82, 2.24) is 15.5 Å². The van der Waals surface area contributed by atoms with Gasteiger partial charge in [0.15, 0.2) is 0 Å². The van der Waals surface area contributed by atoms with E-state index in [2.05, 4.69) is 15.5 Å². The lowest BCUT2D eigenvalue weighted by atomic mass is 10.1. The lowest BCUT2D eigenvalue weighted by Gasteiger charge is -2.17. The number of nitrogens with one attached hydrogen (secondary N) is 1. The number of rotatable bonds is 3. The van der Waals surface area contributed by atoms with Crippen LogP contribution in [0.3, 0.4) is 0 Å². The maximum Gasteiger partial charge on any atom is 0.246 e. The fourth-order valence-electron chi connectivity index (χ4n) is 1.49. The summed E-state index contributed by atoms with van der Waals surface area (Å²) in [5.74, 6) is 0.733. The van der Waals surface area contributed by atoms with Gasteiger partial charge in [0.25, 0.3) is 0 Å². The second-order valence-corrected chi connectivity index (χ2v) is 4.76. The molecule has 1 N–H and O–H groups in total. The van der Waals surface area contributed by atoms with Crippen LogP contribution >= 0.6 is 0 Å². The van der Waals surface area contributed by atoms with E-state index < -0.39 is 0 Å². The van der Waals surface area contributed by atoms with Crippen LogP contribution in [0, 0.1) is 12.7 Å². The van der Waals surface area contributed by atoms with Crippen molar-refractivity contribution in [3.05, 3.63) is 35.5 Å². The van der Waals surface area contributed by atoms with E-state index in [-0.39, 0.29) is 11.4 Å². The first-order chi connectivity index (χ1) is 8.44. The van der Waals surface area contributed by atoms with Crippen LogP contribution in [0.2, 0.25) is 0 Å². The van der Waals surface area contributed by atoms with Crippen LogP contribution in [0.4, 0.5) is 4.39 Å². The van der Waals surface area contributed by atoms with Gasteiger partial charge in [0.2, 0.25) is 11.7 Å². The predicted molar refractivity (Wildman–Crippen MR) is 66.5 cm³/mol. The van der Waals surface area contributed by atoms with E-state index >= 15 is 0 Å². The van der Waals surface area contributed by atoms with Gasteiger partial charge in [-0.3, -0.25) is 0 Å². The standard InChI is InChI=1S/C13H16FN3O/c1-8-7-9(5-6-10(8)14)11-16-12(18-17-11)13(2,3)15-4/h5-7,15H,1-4H3. The number of benzene rings is 1. The summed E-state index contributed by atoms with van der Waals surface area (Å²) in [4.78, 5) is 4.33. The Balaban J connectivity index is 2.38. The van der Waals surface area contributed by atoms with Gasteiger partial charge in [-0.25, -0.2) is 4.39 Å². The molecule has 0 amide bonds. The third kappa shape index (κ3) is 2.26.